The van der Waals surface area contributed by atoms with Gasteiger partial charge in [0.05, 0.1) is 6.04 Å². The van der Waals surface area contributed by atoms with Crippen LogP contribution in [0, 0.1) is 0 Å². The monoisotopic (exact) mass is 218 g/mol. The van der Waals surface area contributed by atoms with Gasteiger partial charge in [-0.1, -0.05) is 6.92 Å². The summed E-state index contributed by atoms with van der Waals surface area (Å²) in [5.41, 5.74) is 6.00. The first kappa shape index (κ1) is 11.8. The molecule has 1 saturated carbocycles. The minimum Gasteiger partial charge on any atom is -0.336 e. The number of carbonyl (C=O) groups excluding carboxylic acids is 1. The van der Waals surface area contributed by atoms with Crippen molar-refractivity contribution in [2.75, 3.05) is 6.54 Å². The maximum absolute atomic E-state index is 11.8. The van der Waals surface area contributed by atoms with Gasteiger partial charge in [-0.15, -0.1) is 12.4 Å². The molecule has 1 atom stereocenters. The van der Waals surface area contributed by atoms with Gasteiger partial charge in [0.15, 0.2) is 0 Å². The Morgan fingerprint density at radius 1 is 1.50 bits per heavy atom. The number of carbonyl (C=O) groups is 1. The van der Waals surface area contributed by atoms with Crippen LogP contribution in [0.15, 0.2) is 0 Å². The number of nitrogens with zero attached hydrogens (tertiary/aromatic N) is 1. The highest BCUT2D eigenvalue weighted by Crippen LogP contribution is 2.47. The van der Waals surface area contributed by atoms with Crippen molar-refractivity contribution in [2.24, 2.45) is 5.73 Å². The molecule has 1 aliphatic carbocycles. The lowest BCUT2D eigenvalue weighted by Gasteiger charge is -2.59. The Balaban J connectivity index is 0.000000980. The zero-order chi connectivity index (χ0) is 9.47. The molecule has 1 aliphatic heterocycles. The Morgan fingerprint density at radius 3 is 2.43 bits per heavy atom. The maximum Gasteiger partial charge on any atom is 0.239 e. The van der Waals surface area contributed by atoms with Crippen molar-refractivity contribution >= 4 is 18.3 Å². The van der Waals surface area contributed by atoms with E-state index in [0.717, 1.165) is 13.0 Å². The summed E-state index contributed by atoms with van der Waals surface area (Å²) in [6.45, 7) is 2.91. The fraction of sp³-hybridized carbons (Fsp3) is 0.900. The zero-order valence-corrected chi connectivity index (χ0v) is 9.48. The van der Waals surface area contributed by atoms with E-state index in [-0.39, 0.29) is 29.9 Å². The average molecular weight is 219 g/mol. The molecule has 3 nitrogen and oxygen atoms in total. The normalized spacial score (nSPS) is 24.6. The maximum atomic E-state index is 11.8. The van der Waals surface area contributed by atoms with Gasteiger partial charge in [-0.3, -0.25) is 4.79 Å². The molecule has 0 unspecified atom stereocenters. The van der Waals surface area contributed by atoms with Crippen molar-refractivity contribution in [3.05, 3.63) is 0 Å². The van der Waals surface area contributed by atoms with E-state index in [0.29, 0.717) is 0 Å². The fourth-order valence-electron chi connectivity index (χ4n) is 2.36. The molecule has 1 heterocycles. The third-order valence-electron chi connectivity index (χ3n) is 3.68. The van der Waals surface area contributed by atoms with Gasteiger partial charge in [0, 0.05) is 12.1 Å². The van der Waals surface area contributed by atoms with E-state index in [2.05, 4.69) is 0 Å². The third kappa shape index (κ3) is 1.52. The molecular weight excluding hydrogens is 200 g/mol. The number of nitrogens with two attached hydrogens (primary N) is 1. The molecule has 14 heavy (non-hydrogen) atoms. The molecule has 1 amide bonds. The van der Waals surface area contributed by atoms with Crippen LogP contribution in [0.4, 0.5) is 0 Å². The van der Waals surface area contributed by atoms with Gasteiger partial charge in [-0.25, -0.2) is 0 Å². The fourth-order valence-corrected chi connectivity index (χ4v) is 2.36. The van der Waals surface area contributed by atoms with Crippen molar-refractivity contribution in [2.45, 2.75) is 50.6 Å². The van der Waals surface area contributed by atoms with Crippen LogP contribution < -0.4 is 5.73 Å². The quantitative estimate of drug-likeness (QED) is 0.760. The van der Waals surface area contributed by atoms with Crippen LogP contribution in [0.2, 0.25) is 0 Å². The van der Waals surface area contributed by atoms with Gasteiger partial charge < -0.3 is 10.6 Å². The van der Waals surface area contributed by atoms with Crippen molar-refractivity contribution in [1.82, 2.24) is 4.90 Å². The van der Waals surface area contributed by atoms with Gasteiger partial charge in [0.1, 0.15) is 0 Å². The lowest BCUT2D eigenvalue weighted by molar-refractivity contribution is -0.157. The van der Waals surface area contributed by atoms with Crippen molar-refractivity contribution in [1.29, 1.82) is 0 Å². The Labute approximate surface area is 91.4 Å². The summed E-state index contributed by atoms with van der Waals surface area (Å²) in [7, 11) is 0. The van der Waals surface area contributed by atoms with E-state index in [1.807, 2.05) is 11.8 Å². The number of hydrogen-bond donors (Lipinski definition) is 1. The highest BCUT2D eigenvalue weighted by Gasteiger charge is 2.51. The Kier molecular flexibility index (Phi) is 3.43. The lowest BCUT2D eigenvalue weighted by Crippen LogP contribution is -2.68. The van der Waals surface area contributed by atoms with E-state index in [4.69, 9.17) is 5.73 Å². The largest absolute Gasteiger partial charge is 0.336 e. The average Bonchev–Trinajstić information content (AvgIpc) is 1.98. The molecule has 0 radical (unpaired) electrons. The molecule has 2 aliphatic rings. The van der Waals surface area contributed by atoms with Crippen LogP contribution in [0.25, 0.3) is 0 Å². The number of amides is 1. The predicted molar refractivity (Wildman–Crippen MR) is 58.4 cm³/mol. The second kappa shape index (κ2) is 4.07. The molecule has 2 N–H and O–H groups in total. The highest BCUT2D eigenvalue weighted by molar-refractivity contribution is 5.85. The molecule has 0 aromatic carbocycles. The van der Waals surface area contributed by atoms with Gasteiger partial charge in [-0.2, -0.15) is 0 Å². The van der Waals surface area contributed by atoms with Crippen LogP contribution in [0.1, 0.15) is 39.0 Å². The molecule has 1 saturated heterocycles. The molecule has 82 valence electrons. The minimum atomic E-state index is -0.266. The Bertz CT molecular complexity index is 223. The summed E-state index contributed by atoms with van der Waals surface area (Å²) in [5, 5.41) is 0. The number of hydrogen-bond acceptors (Lipinski definition) is 2. The number of halogens is 1. The second-order valence-corrected chi connectivity index (χ2v) is 4.33. The van der Waals surface area contributed by atoms with Gasteiger partial charge in [0.2, 0.25) is 5.91 Å². The molecule has 4 heteroatoms. The number of rotatable bonds is 2. The van der Waals surface area contributed by atoms with Crippen LogP contribution in [0.5, 0.6) is 0 Å². The Morgan fingerprint density at radius 2 is 2.14 bits per heavy atom. The van der Waals surface area contributed by atoms with E-state index in [1.165, 1.54) is 25.7 Å². The first-order valence-corrected chi connectivity index (χ1v) is 5.27. The third-order valence-corrected chi connectivity index (χ3v) is 3.68. The van der Waals surface area contributed by atoms with Crippen LogP contribution in [-0.4, -0.2) is 28.9 Å². The molecule has 0 aromatic heterocycles. The van der Waals surface area contributed by atoms with Crippen molar-refractivity contribution in [3.8, 4) is 0 Å². The summed E-state index contributed by atoms with van der Waals surface area (Å²) in [6.07, 6.45) is 5.65. The smallest absolute Gasteiger partial charge is 0.239 e. The van der Waals surface area contributed by atoms with E-state index >= 15 is 0 Å². The second-order valence-electron chi connectivity index (χ2n) is 4.33. The standard InChI is InChI=1S/C10H18N2O.ClH/c1-2-8(11)9(13)12-7-6-10(12)4-3-5-10;/h8H,2-7,11H2,1H3;1H/t8-;/m1./s1. The summed E-state index contributed by atoms with van der Waals surface area (Å²) in [4.78, 5) is 13.8. The SMILES string of the molecule is CC[C@@H](N)C(=O)N1CCC12CCC2.Cl. The topological polar surface area (TPSA) is 46.3 Å². The summed E-state index contributed by atoms with van der Waals surface area (Å²) in [5.74, 6) is 0.174. The molecular formula is C10H19ClN2O. The predicted octanol–water partition coefficient (Wildman–Crippen LogP) is 1.30. The summed E-state index contributed by atoms with van der Waals surface area (Å²) >= 11 is 0. The van der Waals surface area contributed by atoms with Crippen LogP contribution in [0.3, 0.4) is 0 Å². The number of likely N-dealkylation sites (tertiary alicyclic amines) is 1. The van der Waals surface area contributed by atoms with Gasteiger partial charge >= 0.3 is 0 Å². The molecule has 2 fully saturated rings. The molecule has 2 rings (SSSR count). The summed E-state index contributed by atoms with van der Waals surface area (Å²) < 4.78 is 0. The van der Waals surface area contributed by atoms with E-state index < -0.39 is 0 Å². The molecule has 0 aromatic rings. The van der Waals surface area contributed by atoms with Crippen LogP contribution in [-0.2, 0) is 4.79 Å². The van der Waals surface area contributed by atoms with Gasteiger partial charge in [0.25, 0.3) is 0 Å². The highest BCUT2D eigenvalue weighted by atomic mass is 35.5. The lowest BCUT2D eigenvalue weighted by atomic mass is 9.67. The molecule has 0 bridgehead atoms. The summed E-state index contributed by atoms with van der Waals surface area (Å²) in [6, 6.07) is -0.266. The van der Waals surface area contributed by atoms with E-state index in [1.54, 1.807) is 0 Å². The zero-order valence-electron chi connectivity index (χ0n) is 8.66. The van der Waals surface area contributed by atoms with Gasteiger partial charge in [-0.05, 0) is 32.1 Å². The first-order chi connectivity index (χ1) is 6.19. The van der Waals surface area contributed by atoms with Crippen molar-refractivity contribution in [3.63, 3.8) is 0 Å². The van der Waals surface area contributed by atoms with E-state index in [9.17, 15) is 4.79 Å². The van der Waals surface area contributed by atoms with Crippen molar-refractivity contribution < 1.29 is 4.79 Å². The molecule has 1 spiro atoms. The van der Waals surface area contributed by atoms with Crippen LogP contribution >= 0.6 is 12.4 Å². The Hall–Kier alpha value is -0.280. The first-order valence-electron chi connectivity index (χ1n) is 5.27. The minimum absolute atomic E-state index is 0.